The van der Waals surface area contributed by atoms with Crippen LogP contribution >= 0.6 is 23.4 Å². The molecule has 0 spiro atoms. The number of nitrogens with zero attached hydrogens (tertiary/aromatic N) is 2. The molecule has 0 aromatic heterocycles. The first-order valence-electron chi connectivity index (χ1n) is 11.0. The molecule has 0 atom stereocenters. The third-order valence-corrected chi connectivity index (χ3v) is 6.31. The number of ether oxygens (including phenoxy) is 2. The van der Waals surface area contributed by atoms with Crippen molar-refractivity contribution in [3.8, 4) is 5.75 Å². The van der Waals surface area contributed by atoms with Crippen LogP contribution in [0.4, 0.5) is 16.2 Å². The number of esters is 1. The average molecular weight is 548 g/mol. The van der Waals surface area contributed by atoms with Crippen molar-refractivity contribution in [2.75, 3.05) is 25.6 Å². The van der Waals surface area contributed by atoms with Crippen LogP contribution in [0.25, 0.3) is 6.08 Å². The minimum Gasteiger partial charge on any atom is -0.490 e. The van der Waals surface area contributed by atoms with Crippen molar-refractivity contribution in [1.82, 2.24) is 4.90 Å². The number of nitro benzene ring substituents is 1. The molecular weight excluding hydrogens is 526 g/mol. The van der Waals surface area contributed by atoms with E-state index in [0.717, 1.165) is 11.3 Å². The van der Waals surface area contributed by atoms with Crippen LogP contribution in [0.15, 0.2) is 41.3 Å². The summed E-state index contributed by atoms with van der Waals surface area (Å²) in [5.74, 6) is -1.99. The number of anilines is 1. The normalized spacial score (nSPS) is 14.1. The Balaban J connectivity index is 1.70. The third-order valence-electron chi connectivity index (χ3n) is 5.07. The number of halogens is 1. The lowest BCUT2D eigenvalue weighted by atomic mass is 10.1. The molecule has 194 valence electrons. The maximum Gasteiger partial charge on any atom is 0.339 e. The summed E-state index contributed by atoms with van der Waals surface area (Å²) >= 11 is 6.68. The highest BCUT2D eigenvalue weighted by Gasteiger charge is 2.36. The molecule has 1 aliphatic heterocycles. The predicted octanol–water partition coefficient (Wildman–Crippen LogP) is 4.89. The molecule has 0 unspecified atom stereocenters. The fraction of sp³-hybridized carbons (Fsp3) is 0.250. The summed E-state index contributed by atoms with van der Waals surface area (Å²) < 4.78 is 10.1. The van der Waals surface area contributed by atoms with Crippen LogP contribution in [-0.2, 0) is 14.3 Å². The molecule has 2 aromatic rings. The molecule has 3 rings (SSSR count). The first-order valence-corrected chi connectivity index (χ1v) is 12.2. The van der Waals surface area contributed by atoms with Crippen molar-refractivity contribution < 1.29 is 33.6 Å². The number of nitro groups is 1. The zero-order valence-corrected chi connectivity index (χ0v) is 21.4. The molecule has 2 aromatic carbocycles. The van der Waals surface area contributed by atoms with Crippen molar-refractivity contribution in [1.29, 1.82) is 0 Å². The van der Waals surface area contributed by atoms with E-state index in [1.165, 1.54) is 49.6 Å². The number of amides is 3. The number of nitrogens with one attached hydrogen (secondary N) is 1. The Bertz CT molecular complexity index is 1300. The number of hydrogen-bond donors (Lipinski definition) is 1. The molecule has 1 saturated heterocycles. The van der Waals surface area contributed by atoms with E-state index >= 15 is 0 Å². The van der Waals surface area contributed by atoms with Crippen molar-refractivity contribution in [3.63, 3.8) is 0 Å². The number of rotatable bonds is 10. The number of benzene rings is 2. The molecular formula is C24H22ClN3O8S. The number of imide groups is 1. The summed E-state index contributed by atoms with van der Waals surface area (Å²) in [5, 5.41) is 13.2. The predicted molar refractivity (Wildman–Crippen MR) is 138 cm³/mol. The summed E-state index contributed by atoms with van der Waals surface area (Å²) in [6.45, 7) is 1.61. The highest BCUT2D eigenvalue weighted by atomic mass is 35.5. The lowest BCUT2D eigenvalue weighted by Crippen LogP contribution is -2.36. The fourth-order valence-corrected chi connectivity index (χ4v) is 4.25. The van der Waals surface area contributed by atoms with E-state index in [1.807, 2.05) is 6.92 Å². The molecule has 13 heteroatoms. The van der Waals surface area contributed by atoms with Gasteiger partial charge in [-0.2, -0.15) is 0 Å². The first kappa shape index (κ1) is 27.7. The van der Waals surface area contributed by atoms with Gasteiger partial charge in [-0.25, -0.2) is 4.79 Å². The van der Waals surface area contributed by atoms with Gasteiger partial charge in [0, 0.05) is 11.8 Å². The van der Waals surface area contributed by atoms with E-state index in [-0.39, 0.29) is 39.2 Å². The van der Waals surface area contributed by atoms with Crippen LogP contribution in [0.2, 0.25) is 5.02 Å². The highest BCUT2D eigenvalue weighted by Crippen LogP contribution is 2.34. The van der Waals surface area contributed by atoms with Gasteiger partial charge >= 0.3 is 11.7 Å². The summed E-state index contributed by atoms with van der Waals surface area (Å²) in [4.78, 5) is 61.3. The maximum atomic E-state index is 12.8. The van der Waals surface area contributed by atoms with Crippen molar-refractivity contribution in [2.45, 2.75) is 19.8 Å². The fourth-order valence-electron chi connectivity index (χ4n) is 3.22. The van der Waals surface area contributed by atoms with Gasteiger partial charge in [0.1, 0.15) is 6.54 Å². The minimum absolute atomic E-state index is 0.000804. The largest absolute Gasteiger partial charge is 0.490 e. The van der Waals surface area contributed by atoms with E-state index < -0.39 is 34.5 Å². The molecule has 3 amide bonds. The molecule has 0 saturated carbocycles. The summed E-state index contributed by atoms with van der Waals surface area (Å²) in [7, 11) is 1.29. The zero-order valence-electron chi connectivity index (χ0n) is 19.8. The number of carbonyl (C=O) groups is 4. The van der Waals surface area contributed by atoms with E-state index in [0.29, 0.717) is 23.7 Å². The molecule has 11 nitrogen and oxygen atoms in total. The first-order chi connectivity index (χ1) is 17.6. The average Bonchev–Trinajstić information content (AvgIpc) is 3.12. The van der Waals surface area contributed by atoms with Crippen LogP contribution in [-0.4, -0.2) is 53.1 Å². The molecule has 0 aliphatic carbocycles. The number of unbranched alkanes of at least 4 members (excludes halogenated alkanes) is 1. The second-order valence-electron chi connectivity index (χ2n) is 7.69. The van der Waals surface area contributed by atoms with Gasteiger partial charge < -0.3 is 14.8 Å². The van der Waals surface area contributed by atoms with Gasteiger partial charge in [0.15, 0.2) is 5.75 Å². The van der Waals surface area contributed by atoms with Gasteiger partial charge in [0.2, 0.25) is 5.91 Å². The van der Waals surface area contributed by atoms with Gasteiger partial charge in [0.05, 0.1) is 34.1 Å². The molecule has 0 radical (unpaired) electrons. The Kier molecular flexibility index (Phi) is 9.25. The van der Waals surface area contributed by atoms with E-state index in [2.05, 4.69) is 5.32 Å². The van der Waals surface area contributed by atoms with Crippen molar-refractivity contribution >= 4 is 63.8 Å². The number of hydrogen-bond acceptors (Lipinski definition) is 9. The lowest BCUT2D eigenvalue weighted by molar-refractivity contribution is -0.385. The number of thioether (sulfide) groups is 1. The zero-order chi connectivity index (χ0) is 27.1. The Morgan fingerprint density at radius 2 is 1.97 bits per heavy atom. The van der Waals surface area contributed by atoms with Crippen LogP contribution < -0.4 is 10.1 Å². The van der Waals surface area contributed by atoms with Crippen molar-refractivity contribution in [3.05, 3.63) is 67.6 Å². The summed E-state index contributed by atoms with van der Waals surface area (Å²) in [6, 6.07) is 8.32. The standard InChI is InChI=1S/C24H22ClN3O8S/c1-3-4-9-36-23(31)16-12-15(6-7-17(16)25)26-21(29)13-27-22(30)20(37-24(27)32)11-14-5-8-19(35-2)18(10-14)28(33)34/h5-8,10-12H,3-4,9,13H2,1-2H3,(H,26,29)/b20-11+. The van der Waals surface area contributed by atoms with Gasteiger partial charge in [0.25, 0.3) is 11.1 Å². The minimum atomic E-state index is -0.722. The van der Waals surface area contributed by atoms with E-state index in [9.17, 15) is 29.3 Å². The van der Waals surface area contributed by atoms with Crippen LogP contribution in [0.3, 0.4) is 0 Å². The van der Waals surface area contributed by atoms with E-state index in [1.54, 1.807) is 0 Å². The maximum absolute atomic E-state index is 12.8. The van der Waals surface area contributed by atoms with Crippen LogP contribution in [0, 0.1) is 10.1 Å². The molecule has 1 fully saturated rings. The van der Waals surface area contributed by atoms with Gasteiger partial charge in [-0.15, -0.1) is 0 Å². The Morgan fingerprint density at radius 1 is 1.22 bits per heavy atom. The Hall–Kier alpha value is -3.90. The smallest absolute Gasteiger partial charge is 0.339 e. The Labute approximate surface area is 220 Å². The second kappa shape index (κ2) is 12.4. The van der Waals surface area contributed by atoms with Crippen LogP contribution in [0.5, 0.6) is 5.75 Å². The van der Waals surface area contributed by atoms with Gasteiger partial charge in [-0.05, 0) is 54.1 Å². The quantitative estimate of drug-likeness (QED) is 0.144. The third kappa shape index (κ3) is 6.86. The Morgan fingerprint density at radius 3 is 2.65 bits per heavy atom. The van der Waals surface area contributed by atoms with E-state index in [4.69, 9.17) is 21.1 Å². The molecule has 1 aliphatic rings. The molecule has 0 bridgehead atoms. The van der Waals surface area contributed by atoms with Gasteiger partial charge in [-0.1, -0.05) is 31.0 Å². The topological polar surface area (TPSA) is 145 Å². The molecule has 1 N–H and O–H groups in total. The second-order valence-corrected chi connectivity index (χ2v) is 9.09. The summed E-state index contributed by atoms with van der Waals surface area (Å²) in [5.41, 5.74) is 0.302. The monoisotopic (exact) mass is 547 g/mol. The SMILES string of the molecule is CCCCOC(=O)c1cc(NC(=O)CN2C(=O)S/C(=C/c3ccc(OC)c([N+](=O)[O-])c3)C2=O)ccc1Cl. The number of methoxy groups -OCH3 is 1. The molecule has 1 heterocycles. The van der Waals surface area contributed by atoms with Crippen LogP contribution in [0.1, 0.15) is 35.7 Å². The van der Waals surface area contributed by atoms with Crippen molar-refractivity contribution in [2.24, 2.45) is 0 Å². The highest BCUT2D eigenvalue weighted by molar-refractivity contribution is 8.18. The van der Waals surface area contributed by atoms with Gasteiger partial charge in [-0.3, -0.25) is 29.4 Å². The summed E-state index contributed by atoms with van der Waals surface area (Å²) in [6.07, 6.45) is 2.87. The lowest BCUT2D eigenvalue weighted by Gasteiger charge is -2.13. The number of carbonyl (C=O) groups excluding carboxylic acids is 4. The molecule has 37 heavy (non-hydrogen) atoms.